The summed E-state index contributed by atoms with van der Waals surface area (Å²) in [6.07, 6.45) is 1.65. The first-order valence-corrected chi connectivity index (χ1v) is 7.25. The standard InChI is InChI=1S/C16H20BNO4/c1-6-20-14(19)10-9-13-8-7-12(11-18-13)17-21-15(2,3)16(4,5)22-17/h7-8,11H,6H2,1-5H3. The van der Waals surface area contributed by atoms with Gasteiger partial charge in [-0.2, -0.15) is 0 Å². The maximum atomic E-state index is 11.2. The second-order valence-corrected chi connectivity index (χ2v) is 6.04. The third-order valence-electron chi connectivity index (χ3n) is 3.88. The van der Waals surface area contributed by atoms with Crippen LogP contribution in [0.1, 0.15) is 40.3 Å². The molecule has 2 rings (SSSR count). The van der Waals surface area contributed by atoms with Crippen molar-refractivity contribution >= 4 is 18.6 Å². The van der Waals surface area contributed by atoms with Crippen LogP contribution in [0, 0.1) is 11.8 Å². The van der Waals surface area contributed by atoms with Gasteiger partial charge in [0.25, 0.3) is 0 Å². The molecular weight excluding hydrogens is 281 g/mol. The Morgan fingerprint density at radius 1 is 1.27 bits per heavy atom. The molecule has 0 unspecified atom stereocenters. The van der Waals surface area contributed by atoms with Crippen LogP contribution in [0.3, 0.4) is 0 Å². The van der Waals surface area contributed by atoms with Gasteiger partial charge in [-0.05, 0) is 46.6 Å². The Morgan fingerprint density at radius 2 is 1.91 bits per heavy atom. The maximum Gasteiger partial charge on any atom is 0.496 e. The molecular formula is C16H20BNO4. The summed E-state index contributed by atoms with van der Waals surface area (Å²) in [4.78, 5) is 15.4. The lowest BCUT2D eigenvalue weighted by Crippen LogP contribution is -2.41. The SMILES string of the molecule is CCOC(=O)C#Cc1ccc(B2OC(C)(C)C(C)(C)O2)cn1. The lowest BCUT2D eigenvalue weighted by Gasteiger charge is -2.32. The predicted molar refractivity (Wildman–Crippen MR) is 83.5 cm³/mol. The Hall–Kier alpha value is -1.84. The zero-order chi connectivity index (χ0) is 16.4. The van der Waals surface area contributed by atoms with Gasteiger partial charge in [0.1, 0.15) is 5.69 Å². The Labute approximate surface area is 131 Å². The fourth-order valence-corrected chi connectivity index (χ4v) is 1.88. The molecule has 1 aromatic heterocycles. The van der Waals surface area contributed by atoms with Crippen LogP contribution in [0.2, 0.25) is 0 Å². The third kappa shape index (κ3) is 3.49. The van der Waals surface area contributed by atoms with E-state index in [0.29, 0.717) is 12.3 Å². The molecule has 1 aliphatic heterocycles. The zero-order valence-electron chi connectivity index (χ0n) is 13.6. The molecule has 0 aliphatic carbocycles. The van der Waals surface area contributed by atoms with E-state index < -0.39 is 13.1 Å². The summed E-state index contributed by atoms with van der Waals surface area (Å²) in [5.41, 5.74) is 0.536. The van der Waals surface area contributed by atoms with Gasteiger partial charge in [0, 0.05) is 17.6 Å². The van der Waals surface area contributed by atoms with Crippen LogP contribution in [0.5, 0.6) is 0 Å². The van der Waals surface area contributed by atoms with Crippen molar-refractivity contribution in [2.24, 2.45) is 0 Å². The number of hydrogen-bond donors (Lipinski definition) is 0. The van der Waals surface area contributed by atoms with Crippen molar-refractivity contribution in [1.29, 1.82) is 0 Å². The van der Waals surface area contributed by atoms with Crippen LogP contribution in [-0.2, 0) is 18.8 Å². The molecule has 6 heteroatoms. The van der Waals surface area contributed by atoms with Crippen molar-refractivity contribution in [2.45, 2.75) is 45.8 Å². The van der Waals surface area contributed by atoms with Crippen molar-refractivity contribution in [3.8, 4) is 11.8 Å². The van der Waals surface area contributed by atoms with Gasteiger partial charge in [-0.25, -0.2) is 9.78 Å². The Kier molecular flexibility index (Phi) is 4.59. The van der Waals surface area contributed by atoms with Crippen LogP contribution in [0.25, 0.3) is 0 Å². The monoisotopic (exact) mass is 301 g/mol. The quantitative estimate of drug-likeness (QED) is 0.468. The van der Waals surface area contributed by atoms with E-state index >= 15 is 0 Å². The highest BCUT2D eigenvalue weighted by Crippen LogP contribution is 2.36. The first-order chi connectivity index (χ1) is 10.2. The van der Waals surface area contributed by atoms with E-state index in [1.54, 1.807) is 19.2 Å². The van der Waals surface area contributed by atoms with Crippen molar-refractivity contribution in [2.75, 3.05) is 6.61 Å². The normalized spacial score (nSPS) is 18.5. The van der Waals surface area contributed by atoms with E-state index in [4.69, 9.17) is 14.0 Å². The van der Waals surface area contributed by atoms with Crippen LogP contribution < -0.4 is 5.46 Å². The van der Waals surface area contributed by atoms with E-state index in [1.807, 2.05) is 33.8 Å². The minimum atomic E-state index is -0.556. The van der Waals surface area contributed by atoms with E-state index in [0.717, 1.165) is 5.46 Å². The fraction of sp³-hybridized carbons (Fsp3) is 0.500. The summed E-state index contributed by atoms with van der Waals surface area (Å²) in [6.45, 7) is 10.0. The smallest absolute Gasteiger partial charge is 0.456 e. The van der Waals surface area contributed by atoms with Gasteiger partial charge >= 0.3 is 13.1 Å². The van der Waals surface area contributed by atoms with Gasteiger partial charge in [-0.3, -0.25) is 0 Å². The second-order valence-electron chi connectivity index (χ2n) is 6.04. The van der Waals surface area contributed by atoms with Crippen molar-refractivity contribution < 1.29 is 18.8 Å². The highest BCUT2D eigenvalue weighted by molar-refractivity contribution is 6.62. The van der Waals surface area contributed by atoms with Gasteiger partial charge in [0.15, 0.2) is 0 Å². The second kappa shape index (κ2) is 6.11. The van der Waals surface area contributed by atoms with Crippen molar-refractivity contribution in [3.63, 3.8) is 0 Å². The topological polar surface area (TPSA) is 57.7 Å². The van der Waals surface area contributed by atoms with E-state index in [9.17, 15) is 4.79 Å². The molecule has 0 N–H and O–H groups in total. The summed E-state index contributed by atoms with van der Waals surface area (Å²) >= 11 is 0. The number of esters is 1. The Bertz CT molecular complexity index is 597. The van der Waals surface area contributed by atoms with Gasteiger partial charge in [-0.15, -0.1) is 0 Å². The summed E-state index contributed by atoms with van der Waals surface area (Å²) < 4.78 is 16.6. The molecule has 5 nitrogen and oxygen atoms in total. The average Bonchev–Trinajstić information content (AvgIpc) is 2.66. The van der Waals surface area contributed by atoms with E-state index in [1.165, 1.54) is 0 Å². The molecule has 22 heavy (non-hydrogen) atoms. The molecule has 116 valence electrons. The number of hydrogen-bond acceptors (Lipinski definition) is 5. The number of pyridine rings is 1. The number of carbonyl (C=O) groups is 1. The lowest BCUT2D eigenvalue weighted by atomic mass is 9.80. The number of rotatable bonds is 2. The average molecular weight is 301 g/mol. The van der Waals surface area contributed by atoms with Gasteiger partial charge < -0.3 is 14.0 Å². The summed E-state index contributed by atoms with van der Waals surface area (Å²) in [5.74, 6) is 4.48. The molecule has 1 aliphatic rings. The minimum absolute atomic E-state index is 0.307. The molecule has 0 radical (unpaired) electrons. The van der Waals surface area contributed by atoms with E-state index in [2.05, 4.69) is 16.8 Å². The van der Waals surface area contributed by atoms with Crippen LogP contribution >= 0.6 is 0 Å². The van der Waals surface area contributed by atoms with Gasteiger partial charge in [0.2, 0.25) is 0 Å². The molecule has 2 heterocycles. The third-order valence-corrected chi connectivity index (χ3v) is 3.88. The molecule has 1 saturated heterocycles. The van der Waals surface area contributed by atoms with Crippen LogP contribution in [0.15, 0.2) is 18.3 Å². The molecule has 0 atom stereocenters. The van der Waals surface area contributed by atoms with Crippen molar-refractivity contribution in [1.82, 2.24) is 4.98 Å². The lowest BCUT2D eigenvalue weighted by molar-refractivity contribution is -0.136. The molecule has 1 fully saturated rings. The molecule has 0 amide bonds. The summed E-state index contributed by atoms with van der Waals surface area (Å²) in [7, 11) is -0.454. The van der Waals surface area contributed by atoms with Crippen molar-refractivity contribution in [3.05, 3.63) is 24.0 Å². The highest BCUT2D eigenvalue weighted by Gasteiger charge is 2.51. The molecule has 1 aromatic rings. The minimum Gasteiger partial charge on any atom is -0.456 e. The molecule has 0 aromatic carbocycles. The number of carbonyl (C=O) groups excluding carboxylic acids is 1. The van der Waals surface area contributed by atoms with Gasteiger partial charge in [-0.1, -0.05) is 6.07 Å². The fourth-order valence-electron chi connectivity index (χ4n) is 1.88. The molecule has 0 bridgehead atoms. The summed E-state index contributed by atoms with van der Waals surface area (Å²) in [5, 5.41) is 0. The predicted octanol–water partition coefficient (Wildman–Crippen LogP) is 1.30. The van der Waals surface area contributed by atoms with Gasteiger partial charge in [0.05, 0.1) is 17.8 Å². The number of nitrogens with zero attached hydrogens (tertiary/aromatic N) is 1. The number of ether oxygens (including phenoxy) is 1. The Morgan fingerprint density at radius 3 is 2.41 bits per heavy atom. The molecule has 0 spiro atoms. The highest BCUT2D eigenvalue weighted by atomic mass is 16.7. The van der Waals surface area contributed by atoms with Crippen LogP contribution in [0.4, 0.5) is 0 Å². The first-order valence-electron chi connectivity index (χ1n) is 7.25. The maximum absolute atomic E-state index is 11.2. The number of aromatic nitrogens is 1. The first kappa shape index (κ1) is 16.5. The summed E-state index contributed by atoms with van der Waals surface area (Å²) in [6, 6.07) is 3.57. The van der Waals surface area contributed by atoms with E-state index in [-0.39, 0.29) is 11.2 Å². The van der Waals surface area contributed by atoms with Crippen LogP contribution in [-0.4, -0.2) is 35.9 Å². The largest absolute Gasteiger partial charge is 0.496 e. The Balaban J connectivity index is 2.09. The molecule has 0 saturated carbocycles. The zero-order valence-corrected chi connectivity index (χ0v) is 13.6.